The molecule has 104 valence electrons. The molecule has 1 aromatic rings. The average molecular weight is 288 g/mol. The maximum absolute atomic E-state index is 13.5. The molecule has 0 bridgehead atoms. The second-order valence-corrected chi connectivity index (χ2v) is 5.57. The molecule has 1 amide bonds. The lowest BCUT2D eigenvalue weighted by Crippen LogP contribution is -2.44. The first-order valence-corrected chi connectivity index (χ1v) is 6.77. The van der Waals surface area contributed by atoms with E-state index in [1.165, 1.54) is 12.1 Å². The van der Waals surface area contributed by atoms with E-state index in [2.05, 4.69) is 0 Å². The Labute approximate surface area is 116 Å². The number of halogens is 3. The molecule has 0 aromatic heterocycles. The van der Waals surface area contributed by atoms with Gasteiger partial charge in [-0.2, -0.15) is 0 Å². The van der Waals surface area contributed by atoms with Crippen LogP contribution in [-0.2, 0) is 11.2 Å². The Morgan fingerprint density at radius 3 is 2.89 bits per heavy atom. The lowest BCUT2D eigenvalue weighted by molar-refractivity contribution is -0.132. The first kappa shape index (κ1) is 14.3. The Morgan fingerprint density at radius 1 is 1.47 bits per heavy atom. The predicted octanol–water partition coefficient (Wildman–Crippen LogP) is 2.98. The summed E-state index contributed by atoms with van der Waals surface area (Å²) in [6.45, 7) is 3.14. The van der Waals surface area contributed by atoms with Gasteiger partial charge in [-0.05, 0) is 18.4 Å². The summed E-state index contributed by atoms with van der Waals surface area (Å²) < 4.78 is 26.6. The molecule has 19 heavy (non-hydrogen) atoms. The highest BCUT2D eigenvalue weighted by molar-refractivity contribution is 6.20. The molecule has 2 unspecified atom stereocenters. The summed E-state index contributed by atoms with van der Waals surface area (Å²) in [5.41, 5.74) is 0.102. The molecule has 2 nitrogen and oxygen atoms in total. The van der Waals surface area contributed by atoms with Crippen LogP contribution >= 0.6 is 11.6 Å². The SMILES string of the molecule is CC1CN(C(=O)Cc2cccc(F)c2F)CCC1Cl. The molecular weight excluding hydrogens is 272 g/mol. The van der Waals surface area contributed by atoms with Crippen LogP contribution in [0.5, 0.6) is 0 Å². The van der Waals surface area contributed by atoms with Crippen LogP contribution in [0.25, 0.3) is 0 Å². The van der Waals surface area contributed by atoms with Gasteiger partial charge >= 0.3 is 0 Å². The van der Waals surface area contributed by atoms with Gasteiger partial charge in [-0.15, -0.1) is 11.6 Å². The van der Waals surface area contributed by atoms with Crippen molar-refractivity contribution in [3.8, 4) is 0 Å². The van der Waals surface area contributed by atoms with E-state index in [4.69, 9.17) is 11.6 Å². The first-order valence-electron chi connectivity index (χ1n) is 6.33. The molecule has 1 aliphatic heterocycles. The molecule has 1 fully saturated rings. The Balaban J connectivity index is 2.03. The van der Waals surface area contributed by atoms with E-state index in [0.717, 1.165) is 12.5 Å². The number of piperidine rings is 1. The third kappa shape index (κ3) is 3.24. The zero-order chi connectivity index (χ0) is 14.0. The van der Waals surface area contributed by atoms with Crippen LogP contribution in [-0.4, -0.2) is 29.3 Å². The molecule has 1 aromatic carbocycles. The minimum Gasteiger partial charge on any atom is -0.342 e. The van der Waals surface area contributed by atoms with Crippen molar-refractivity contribution in [2.45, 2.75) is 25.1 Å². The van der Waals surface area contributed by atoms with Crippen LogP contribution < -0.4 is 0 Å². The van der Waals surface area contributed by atoms with Crippen molar-refractivity contribution in [1.29, 1.82) is 0 Å². The number of rotatable bonds is 2. The van der Waals surface area contributed by atoms with Crippen LogP contribution in [0, 0.1) is 17.6 Å². The number of carbonyl (C=O) groups excluding carboxylic acids is 1. The number of hydrogen-bond donors (Lipinski definition) is 0. The van der Waals surface area contributed by atoms with Crippen molar-refractivity contribution in [3.63, 3.8) is 0 Å². The first-order chi connectivity index (χ1) is 8.99. The summed E-state index contributed by atoms with van der Waals surface area (Å²) in [7, 11) is 0. The van der Waals surface area contributed by atoms with Gasteiger partial charge in [0.15, 0.2) is 11.6 Å². The lowest BCUT2D eigenvalue weighted by atomic mass is 9.99. The minimum atomic E-state index is -0.934. The van der Waals surface area contributed by atoms with Crippen LogP contribution in [0.2, 0.25) is 0 Å². The molecule has 1 heterocycles. The highest BCUT2D eigenvalue weighted by Gasteiger charge is 2.27. The van der Waals surface area contributed by atoms with Crippen molar-refractivity contribution < 1.29 is 13.6 Å². The van der Waals surface area contributed by atoms with E-state index < -0.39 is 11.6 Å². The molecule has 0 aliphatic carbocycles. The number of nitrogens with zero attached hydrogens (tertiary/aromatic N) is 1. The van der Waals surface area contributed by atoms with Crippen molar-refractivity contribution >= 4 is 17.5 Å². The van der Waals surface area contributed by atoms with E-state index in [9.17, 15) is 13.6 Å². The van der Waals surface area contributed by atoms with Gasteiger partial charge in [0.25, 0.3) is 0 Å². The molecule has 5 heteroatoms. The summed E-state index contributed by atoms with van der Waals surface area (Å²) in [5.74, 6) is -1.81. The third-order valence-electron chi connectivity index (χ3n) is 3.53. The van der Waals surface area contributed by atoms with Crippen LogP contribution in [0.1, 0.15) is 18.9 Å². The fraction of sp³-hybridized carbons (Fsp3) is 0.500. The lowest BCUT2D eigenvalue weighted by Gasteiger charge is -2.34. The molecule has 1 saturated heterocycles. The van der Waals surface area contributed by atoms with Crippen molar-refractivity contribution in [3.05, 3.63) is 35.4 Å². The Kier molecular flexibility index (Phi) is 4.40. The highest BCUT2D eigenvalue weighted by Crippen LogP contribution is 2.22. The predicted molar refractivity (Wildman–Crippen MR) is 70.1 cm³/mol. The normalized spacial score (nSPS) is 23.5. The number of amides is 1. The quantitative estimate of drug-likeness (QED) is 0.766. The molecule has 0 saturated carbocycles. The van der Waals surface area contributed by atoms with Crippen LogP contribution in [0.15, 0.2) is 18.2 Å². The summed E-state index contributed by atoms with van der Waals surface area (Å²) in [6.07, 6.45) is 0.628. The summed E-state index contributed by atoms with van der Waals surface area (Å²) >= 11 is 6.10. The average Bonchev–Trinajstić information content (AvgIpc) is 2.38. The van der Waals surface area contributed by atoms with E-state index in [1.54, 1.807) is 4.90 Å². The summed E-state index contributed by atoms with van der Waals surface area (Å²) in [5, 5.41) is 0.0787. The van der Waals surface area contributed by atoms with Crippen LogP contribution in [0.4, 0.5) is 8.78 Å². The topological polar surface area (TPSA) is 20.3 Å². The van der Waals surface area contributed by atoms with Gasteiger partial charge < -0.3 is 4.90 Å². The van der Waals surface area contributed by atoms with Gasteiger partial charge in [0.2, 0.25) is 5.91 Å². The van der Waals surface area contributed by atoms with Gasteiger partial charge in [-0.1, -0.05) is 19.1 Å². The molecule has 2 atom stereocenters. The van der Waals surface area contributed by atoms with Gasteiger partial charge in [-0.25, -0.2) is 8.78 Å². The van der Waals surface area contributed by atoms with E-state index in [0.29, 0.717) is 13.1 Å². The monoisotopic (exact) mass is 287 g/mol. The Morgan fingerprint density at radius 2 is 2.21 bits per heavy atom. The maximum atomic E-state index is 13.5. The number of likely N-dealkylation sites (tertiary alicyclic amines) is 1. The van der Waals surface area contributed by atoms with Gasteiger partial charge in [0.1, 0.15) is 0 Å². The van der Waals surface area contributed by atoms with Crippen molar-refractivity contribution in [1.82, 2.24) is 4.90 Å². The van der Waals surface area contributed by atoms with Crippen LogP contribution in [0.3, 0.4) is 0 Å². The van der Waals surface area contributed by atoms with Crippen molar-refractivity contribution in [2.24, 2.45) is 5.92 Å². The molecular formula is C14H16ClF2NO. The number of hydrogen-bond acceptors (Lipinski definition) is 1. The maximum Gasteiger partial charge on any atom is 0.227 e. The molecule has 0 spiro atoms. The standard InChI is InChI=1S/C14H16ClF2NO/c1-9-8-18(6-5-11(9)15)13(19)7-10-3-2-4-12(16)14(10)17/h2-4,9,11H,5-8H2,1H3. The van der Waals surface area contributed by atoms with Gasteiger partial charge in [0, 0.05) is 24.0 Å². The fourth-order valence-corrected chi connectivity index (χ4v) is 2.48. The number of benzene rings is 1. The Bertz CT molecular complexity index is 481. The second-order valence-electron chi connectivity index (χ2n) is 5.01. The van der Waals surface area contributed by atoms with E-state index >= 15 is 0 Å². The zero-order valence-corrected chi connectivity index (χ0v) is 11.5. The third-order valence-corrected chi connectivity index (χ3v) is 4.17. The molecule has 2 rings (SSSR count). The molecule has 0 radical (unpaired) electrons. The smallest absolute Gasteiger partial charge is 0.227 e. The zero-order valence-electron chi connectivity index (χ0n) is 10.7. The largest absolute Gasteiger partial charge is 0.342 e. The van der Waals surface area contributed by atoms with Gasteiger partial charge in [0.05, 0.1) is 6.42 Å². The number of alkyl halides is 1. The highest BCUT2D eigenvalue weighted by atomic mass is 35.5. The molecule has 0 N–H and O–H groups in total. The minimum absolute atomic E-state index is 0.0787. The fourth-order valence-electron chi connectivity index (χ4n) is 2.30. The van der Waals surface area contributed by atoms with E-state index in [1.807, 2.05) is 6.92 Å². The van der Waals surface area contributed by atoms with Crippen molar-refractivity contribution in [2.75, 3.05) is 13.1 Å². The summed E-state index contributed by atoms with van der Waals surface area (Å²) in [6, 6.07) is 3.90. The van der Waals surface area contributed by atoms with Gasteiger partial charge in [-0.3, -0.25) is 4.79 Å². The summed E-state index contributed by atoms with van der Waals surface area (Å²) in [4.78, 5) is 13.8. The van der Waals surface area contributed by atoms with E-state index in [-0.39, 0.29) is 29.2 Å². The number of carbonyl (C=O) groups is 1. The molecule has 1 aliphatic rings. The Hall–Kier alpha value is -1.16. The second kappa shape index (κ2) is 5.87.